The number of benzene rings is 3. The summed E-state index contributed by atoms with van der Waals surface area (Å²) in [4.78, 5) is 55.7. The Bertz CT molecular complexity index is 2210. The highest BCUT2D eigenvalue weighted by Gasteiger charge is 2.42. The minimum Gasteiger partial charge on any atom is -0.480 e. The standard InChI is InChI=1S/C40H39ClFN7O7S/c1-54-39(52)34-32(44-36(37-43-12-17-57-37)45-35(34)30-11-4-25(42)18-31(30)41)22-46-13-14-48-27(20-46)21-49(40(48)53)26-5-9-29(10-6-26)56-28-7-2-24(3-8-28)19-47-15-16-55-23-33(47)38(50)51/h2-12,17-18,27,33,35H,13-16,19-23H2,1H3,(H,44,45)(H,50,51)/t27-,33-,35-/m0/s1. The highest BCUT2D eigenvalue weighted by atomic mass is 35.5. The fourth-order valence-corrected chi connectivity index (χ4v) is 8.46. The Kier molecular flexibility index (Phi) is 11.2. The van der Waals surface area contributed by atoms with Gasteiger partial charge in [-0.2, -0.15) is 0 Å². The summed E-state index contributed by atoms with van der Waals surface area (Å²) in [5.41, 5.74) is 3.00. The van der Waals surface area contributed by atoms with E-state index in [1.54, 1.807) is 11.1 Å². The number of carboxylic acids is 1. The molecule has 17 heteroatoms. The Labute approximate surface area is 336 Å². The van der Waals surface area contributed by atoms with Crippen molar-refractivity contribution in [1.82, 2.24) is 25.0 Å². The number of anilines is 1. The molecule has 5 heterocycles. The normalized spacial score (nSPS) is 21.6. The van der Waals surface area contributed by atoms with Gasteiger partial charge in [0.1, 0.15) is 29.4 Å². The van der Waals surface area contributed by atoms with E-state index in [-0.39, 0.29) is 29.3 Å². The van der Waals surface area contributed by atoms with Crippen LogP contribution in [-0.2, 0) is 25.6 Å². The van der Waals surface area contributed by atoms with E-state index in [0.717, 1.165) is 11.3 Å². The molecule has 1 aromatic heterocycles. The lowest BCUT2D eigenvalue weighted by molar-refractivity contribution is -0.150. The number of hydrogen-bond donors (Lipinski definition) is 2. The predicted molar refractivity (Wildman–Crippen MR) is 210 cm³/mol. The number of thiazole rings is 1. The maximum Gasteiger partial charge on any atom is 0.338 e. The molecule has 0 unspecified atom stereocenters. The van der Waals surface area contributed by atoms with E-state index in [1.807, 2.05) is 63.7 Å². The van der Waals surface area contributed by atoms with E-state index in [2.05, 4.69) is 15.2 Å². The number of halogens is 2. The average molecular weight is 816 g/mol. The number of nitrogens with zero attached hydrogens (tertiary/aromatic N) is 6. The van der Waals surface area contributed by atoms with Gasteiger partial charge in [0.25, 0.3) is 0 Å². The van der Waals surface area contributed by atoms with Crippen LogP contribution in [0.1, 0.15) is 22.2 Å². The molecule has 4 aliphatic heterocycles. The lowest BCUT2D eigenvalue weighted by atomic mass is 9.95. The number of nitrogens with one attached hydrogen (secondary N) is 1. The maximum atomic E-state index is 14.1. The van der Waals surface area contributed by atoms with Gasteiger partial charge in [-0.25, -0.2) is 19.0 Å². The molecule has 4 aliphatic rings. The molecule has 2 N–H and O–H groups in total. The maximum absolute atomic E-state index is 14.1. The summed E-state index contributed by atoms with van der Waals surface area (Å²) >= 11 is 7.91. The van der Waals surface area contributed by atoms with Gasteiger partial charge in [-0.05, 0) is 54.1 Å². The number of carboxylic acid groups (broad SMARTS) is 1. The summed E-state index contributed by atoms with van der Waals surface area (Å²) in [7, 11) is 1.30. The van der Waals surface area contributed by atoms with E-state index >= 15 is 0 Å². The van der Waals surface area contributed by atoms with E-state index in [9.17, 15) is 23.9 Å². The number of methoxy groups -OCH3 is 1. The van der Waals surface area contributed by atoms with Crippen molar-refractivity contribution in [3.63, 3.8) is 0 Å². The first-order valence-corrected chi connectivity index (χ1v) is 19.6. The molecule has 0 spiro atoms. The fraction of sp³-hybridized carbons (Fsp3) is 0.325. The molecule has 2 amide bonds. The highest BCUT2D eigenvalue weighted by Crippen LogP contribution is 2.37. The van der Waals surface area contributed by atoms with Crippen LogP contribution in [0.5, 0.6) is 11.5 Å². The lowest BCUT2D eigenvalue weighted by Gasteiger charge is -2.38. The van der Waals surface area contributed by atoms with Crippen molar-refractivity contribution in [2.24, 2.45) is 4.99 Å². The molecule has 0 radical (unpaired) electrons. The van der Waals surface area contributed by atoms with Gasteiger partial charge in [0, 0.05) is 79.4 Å². The molecule has 8 rings (SSSR count). The van der Waals surface area contributed by atoms with Crippen LogP contribution in [0.25, 0.3) is 0 Å². The van der Waals surface area contributed by atoms with Gasteiger partial charge in [0.2, 0.25) is 0 Å². The van der Waals surface area contributed by atoms with Gasteiger partial charge in [-0.15, -0.1) is 11.3 Å². The van der Waals surface area contributed by atoms with Crippen LogP contribution in [0, 0.1) is 5.82 Å². The first-order chi connectivity index (χ1) is 27.6. The number of urea groups is 1. The molecule has 0 saturated carbocycles. The van der Waals surface area contributed by atoms with Crippen molar-refractivity contribution in [2.75, 3.05) is 64.5 Å². The summed E-state index contributed by atoms with van der Waals surface area (Å²) in [5.74, 6) is -0.285. The Morgan fingerprint density at radius 1 is 1.04 bits per heavy atom. The number of aliphatic carboxylic acids is 1. The quantitative estimate of drug-likeness (QED) is 0.194. The van der Waals surface area contributed by atoms with Gasteiger partial charge in [0.05, 0.1) is 31.9 Å². The summed E-state index contributed by atoms with van der Waals surface area (Å²) < 4.78 is 30.8. The van der Waals surface area contributed by atoms with Crippen molar-refractivity contribution >= 4 is 52.4 Å². The third kappa shape index (κ3) is 8.22. The van der Waals surface area contributed by atoms with Crippen molar-refractivity contribution in [2.45, 2.75) is 24.7 Å². The molecular formula is C40H39ClFN7O7S. The number of morpholine rings is 1. The molecule has 3 atom stereocenters. The number of carbonyl (C=O) groups is 3. The molecule has 3 saturated heterocycles. The minimum absolute atomic E-state index is 0.0798. The van der Waals surface area contributed by atoms with Crippen LogP contribution in [0.2, 0.25) is 5.02 Å². The number of fused-ring (bicyclic) bond motifs is 1. The number of rotatable bonds is 11. The minimum atomic E-state index is -0.894. The topological polar surface area (TPSA) is 149 Å². The molecular weight excluding hydrogens is 777 g/mol. The smallest absolute Gasteiger partial charge is 0.338 e. The van der Waals surface area contributed by atoms with Crippen LogP contribution in [0.3, 0.4) is 0 Å². The molecule has 57 heavy (non-hydrogen) atoms. The number of piperazine rings is 1. The molecule has 0 aliphatic carbocycles. The van der Waals surface area contributed by atoms with Crippen LogP contribution in [0.4, 0.5) is 14.9 Å². The van der Waals surface area contributed by atoms with Gasteiger partial charge >= 0.3 is 18.0 Å². The number of esters is 1. The monoisotopic (exact) mass is 815 g/mol. The zero-order valence-electron chi connectivity index (χ0n) is 30.8. The van der Waals surface area contributed by atoms with Gasteiger partial charge in [-0.1, -0.05) is 29.8 Å². The van der Waals surface area contributed by atoms with Crippen molar-refractivity contribution in [3.05, 3.63) is 117 Å². The second-order valence-corrected chi connectivity index (χ2v) is 15.3. The number of amides is 2. The second-order valence-electron chi connectivity index (χ2n) is 14.0. The first-order valence-electron chi connectivity index (χ1n) is 18.4. The summed E-state index contributed by atoms with van der Waals surface area (Å²) in [6, 6.07) is 17.2. The number of ether oxygens (including phenoxy) is 3. The number of aromatic nitrogens is 1. The lowest BCUT2D eigenvalue weighted by Crippen LogP contribution is -2.53. The Morgan fingerprint density at radius 2 is 1.81 bits per heavy atom. The SMILES string of the molecule is COC(=O)C1=C(CN2CCN3C(=O)N(c4ccc(Oc5ccc(CN6CCOC[C@H]6C(=O)O)cc5)cc4)C[C@@H]3C2)NC(c2nccs2)=N[C@H]1c1ccc(F)cc1Cl. The number of carbonyl (C=O) groups excluding carboxylic acids is 2. The molecule has 3 aromatic carbocycles. The third-order valence-corrected chi connectivity index (χ3v) is 11.6. The van der Waals surface area contributed by atoms with Crippen LogP contribution in [-0.4, -0.2) is 120 Å². The average Bonchev–Trinajstić information content (AvgIpc) is 3.87. The Balaban J connectivity index is 0.935. The van der Waals surface area contributed by atoms with Crippen molar-refractivity contribution in [3.8, 4) is 11.5 Å². The number of hydrogen-bond acceptors (Lipinski definition) is 12. The molecule has 3 fully saturated rings. The predicted octanol–water partition coefficient (Wildman–Crippen LogP) is 5.16. The van der Waals surface area contributed by atoms with Gasteiger partial charge < -0.3 is 29.5 Å². The molecule has 4 aromatic rings. The summed E-state index contributed by atoms with van der Waals surface area (Å²) in [5, 5.41) is 15.5. The van der Waals surface area contributed by atoms with Crippen LogP contribution in [0.15, 0.2) is 94.6 Å². The molecule has 0 bridgehead atoms. The van der Waals surface area contributed by atoms with E-state index < -0.39 is 29.8 Å². The van der Waals surface area contributed by atoms with Crippen molar-refractivity contribution in [1.29, 1.82) is 0 Å². The summed E-state index contributed by atoms with van der Waals surface area (Å²) in [6.45, 7) is 4.10. The number of amidine groups is 1. The Hall–Kier alpha value is -5.39. The van der Waals surface area contributed by atoms with Crippen molar-refractivity contribution < 1.29 is 38.1 Å². The van der Waals surface area contributed by atoms with Gasteiger partial charge in [-0.3, -0.25) is 24.5 Å². The zero-order chi connectivity index (χ0) is 39.6. The third-order valence-electron chi connectivity index (χ3n) is 10.5. The van der Waals surface area contributed by atoms with Gasteiger partial charge in [0.15, 0.2) is 10.8 Å². The zero-order valence-corrected chi connectivity index (χ0v) is 32.4. The highest BCUT2D eigenvalue weighted by molar-refractivity contribution is 7.11. The molecule has 14 nitrogen and oxygen atoms in total. The first kappa shape index (κ1) is 38.5. The van der Waals surface area contributed by atoms with E-state index in [1.165, 1.54) is 36.6 Å². The van der Waals surface area contributed by atoms with Crippen LogP contribution < -0.4 is 15.0 Å². The van der Waals surface area contributed by atoms with Crippen LogP contribution >= 0.6 is 22.9 Å². The fourth-order valence-electron chi connectivity index (χ4n) is 7.61. The largest absolute Gasteiger partial charge is 0.480 e. The second kappa shape index (κ2) is 16.6. The Morgan fingerprint density at radius 3 is 2.51 bits per heavy atom. The van der Waals surface area contributed by atoms with E-state index in [4.69, 9.17) is 30.8 Å². The number of aliphatic imine (C=N–C) groups is 1. The summed E-state index contributed by atoms with van der Waals surface area (Å²) in [6.07, 6.45) is 1.67. The van der Waals surface area contributed by atoms with E-state index in [0.29, 0.717) is 86.0 Å². The molecule has 296 valence electrons.